The number of alkyl halides is 1. The number of anilines is 1. The molecule has 0 saturated carbocycles. The van der Waals surface area contributed by atoms with Crippen LogP contribution < -0.4 is 10.2 Å². The highest BCUT2D eigenvalue weighted by Gasteiger charge is 2.35. The molecule has 1 saturated heterocycles. The summed E-state index contributed by atoms with van der Waals surface area (Å²) in [7, 11) is 0. The summed E-state index contributed by atoms with van der Waals surface area (Å²) in [6.45, 7) is 9.44. The van der Waals surface area contributed by atoms with Gasteiger partial charge in [0.15, 0.2) is 0 Å². The van der Waals surface area contributed by atoms with Gasteiger partial charge in [-0.2, -0.15) is 0 Å². The molecule has 0 radical (unpaired) electrons. The highest BCUT2D eigenvalue weighted by Crippen LogP contribution is 2.44. The third kappa shape index (κ3) is 4.81. The summed E-state index contributed by atoms with van der Waals surface area (Å²) in [5.41, 5.74) is 2.50. The molecule has 0 spiro atoms. The average Bonchev–Trinajstić information content (AvgIpc) is 3.08. The van der Waals surface area contributed by atoms with E-state index in [1.807, 2.05) is 36.1 Å². The van der Waals surface area contributed by atoms with Crippen molar-refractivity contribution in [1.29, 1.82) is 0 Å². The fourth-order valence-electron chi connectivity index (χ4n) is 4.67. The zero-order valence-electron chi connectivity index (χ0n) is 18.9. The molecule has 8 heteroatoms. The lowest BCUT2D eigenvalue weighted by Crippen LogP contribution is -2.51. The van der Waals surface area contributed by atoms with Crippen molar-refractivity contribution >= 4 is 27.7 Å². The van der Waals surface area contributed by atoms with Gasteiger partial charge in [-0.1, -0.05) is 48.8 Å². The summed E-state index contributed by atoms with van der Waals surface area (Å²) in [5, 5.41) is 3.43. The van der Waals surface area contributed by atoms with Crippen molar-refractivity contribution in [2.45, 2.75) is 51.2 Å². The molecule has 1 fully saturated rings. The number of halogens is 2. The third-order valence-electron chi connectivity index (χ3n) is 6.44. The minimum absolute atomic E-state index is 0.111. The first-order valence-electron chi connectivity index (χ1n) is 11.4. The van der Waals surface area contributed by atoms with E-state index in [0.29, 0.717) is 50.9 Å². The molecular weight excluding hydrogens is 473 g/mol. The molecule has 4 rings (SSSR count). The minimum Gasteiger partial charge on any atom is -0.353 e. The van der Waals surface area contributed by atoms with Crippen LogP contribution >= 0.6 is 15.9 Å². The summed E-state index contributed by atoms with van der Waals surface area (Å²) in [4.78, 5) is 26.3. The number of carbonyl (C=O) groups excluding carboxylic acids is 1. The number of hydrogen-bond donors (Lipinski definition) is 1. The molecule has 1 aromatic carbocycles. The van der Waals surface area contributed by atoms with Gasteiger partial charge in [-0.15, -0.1) is 0 Å². The van der Waals surface area contributed by atoms with Gasteiger partial charge in [0.05, 0.1) is 11.6 Å². The largest absolute Gasteiger partial charge is 0.353 e. The third-order valence-corrected chi connectivity index (χ3v) is 6.96. The number of amides is 1. The van der Waals surface area contributed by atoms with Gasteiger partial charge in [0.25, 0.3) is 0 Å². The number of aromatic nitrogens is 2. The SMILES string of the molecule is CC(C)NC[C@@H](C(=O)N1CCN(c2ncnc3c2[C@H](C)C[C@H]3F)CC1)c1ccc(Br)cc1. The Morgan fingerprint density at radius 2 is 1.88 bits per heavy atom. The Hall–Kier alpha value is -2.06. The molecule has 32 heavy (non-hydrogen) atoms. The first kappa shape index (κ1) is 23.1. The van der Waals surface area contributed by atoms with Crippen LogP contribution in [0, 0.1) is 0 Å². The molecule has 2 heterocycles. The minimum atomic E-state index is -1.01. The molecule has 3 atom stereocenters. The maximum absolute atomic E-state index is 14.3. The van der Waals surface area contributed by atoms with Gasteiger partial charge < -0.3 is 15.1 Å². The van der Waals surface area contributed by atoms with Crippen molar-refractivity contribution < 1.29 is 9.18 Å². The molecular formula is C24H31BrFN5O. The summed E-state index contributed by atoms with van der Waals surface area (Å²) in [5.74, 6) is 0.860. The van der Waals surface area contributed by atoms with E-state index >= 15 is 0 Å². The lowest BCUT2D eigenvalue weighted by atomic mass is 9.96. The van der Waals surface area contributed by atoms with Crippen LogP contribution in [0.25, 0.3) is 0 Å². The number of rotatable bonds is 6. The normalized spacial score (nSPS) is 21.7. The highest BCUT2D eigenvalue weighted by atomic mass is 79.9. The lowest BCUT2D eigenvalue weighted by molar-refractivity contribution is -0.133. The van der Waals surface area contributed by atoms with Gasteiger partial charge in [-0.05, 0) is 30.0 Å². The van der Waals surface area contributed by atoms with E-state index in [0.717, 1.165) is 21.4 Å². The van der Waals surface area contributed by atoms with E-state index < -0.39 is 6.17 Å². The van der Waals surface area contributed by atoms with Crippen molar-refractivity contribution in [1.82, 2.24) is 20.2 Å². The molecule has 6 nitrogen and oxygen atoms in total. The molecule has 1 aliphatic carbocycles. The van der Waals surface area contributed by atoms with E-state index in [9.17, 15) is 9.18 Å². The van der Waals surface area contributed by atoms with Gasteiger partial charge in [0.2, 0.25) is 5.91 Å². The Kier molecular flexibility index (Phi) is 7.10. The molecule has 0 bridgehead atoms. The number of benzene rings is 1. The Morgan fingerprint density at radius 3 is 2.53 bits per heavy atom. The van der Waals surface area contributed by atoms with Crippen LogP contribution in [0.1, 0.15) is 62.0 Å². The second kappa shape index (κ2) is 9.83. The Labute approximate surface area is 197 Å². The number of nitrogens with zero attached hydrogens (tertiary/aromatic N) is 4. The average molecular weight is 504 g/mol. The Morgan fingerprint density at radius 1 is 1.19 bits per heavy atom. The van der Waals surface area contributed by atoms with Crippen LogP contribution in [0.4, 0.5) is 10.2 Å². The molecule has 172 valence electrons. The number of fused-ring (bicyclic) bond motifs is 1. The molecule has 1 aliphatic heterocycles. The molecule has 0 unspecified atom stereocenters. The molecule has 2 aromatic rings. The van der Waals surface area contributed by atoms with E-state index in [-0.39, 0.29) is 17.7 Å². The van der Waals surface area contributed by atoms with Gasteiger partial charge in [0.1, 0.15) is 18.3 Å². The van der Waals surface area contributed by atoms with E-state index in [1.54, 1.807) is 0 Å². The molecule has 1 amide bonds. The van der Waals surface area contributed by atoms with Crippen molar-refractivity contribution in [3.63, 3.8) is 0 Å². The second-order valence-electron chi connectivity index (χ2n) is 9.08. The first-order valence-corrected chi connectivity index (χ1v) is 12.2. The van der Waals surface area contributed by atoms with Crippen LogP contribution in [0.3, 0.4) is 0 Å². The van der Waals surface area contributed by atoms with Crippen LogP contribution in [0.5, 0.6) is 0 Å². The summed E-state index contributed by atoms with van der Waals surface area (Å²) < 4.78 is 15.3. The smallest absolute Gasteiger partial charge is 0.231 e. The summed E-state index contributed by atoms with van der Waals surface area (Å²) >= 11 is 3.48. The van der Waals surface area contributed by atoms with Gasteiger partial charge >= 0.3 is 0 Å². The second-order valence-corrected chi connectivity index (χ2v) is 10.00. The van der Waals surface area contributed by atoms with Crippen LogP contribution in [0.2, 0.25) is 0 Å². The van der Waals surface area contributed by atoms with Crippen molar-refractivity contribution in [2.24, 2.45) is 0 Å². The van der Waals surface area contributed by atoms with Crippen LogP contribution in [-0.2, 0) is 4.79 Å². The monoisotopic (exact) mass is 503 g/mol. The standard InChI is InChI=1S/C24H31BrFN5O/c1-15(2)27-13-19(17-4-6-18(25)7-5-17)24(32)31-10-8-30(9-11-31)23-21-16(3)12-20(26)22(21)28-14-29-23/h4-7,14-16,19-20,27H,8-13H2,1-3H3/t16-,19-,20-/m1/s1. The predicted octanol–water partition coefficient (Wildman–Crippen LogP) is 4.19. The van der Waals surface area contributed by atoms with E-state index in [2.05, 4.69) is 50.0 Å². The fourth-order valence-corrected chi connectivity index (χ4v) is 4.93. The van der Waals surface area contributed by atoms with Gasteiger partial charge in [-0.25, -0.2) is 14.4 Å². The van der Waals surface area contributed by atoms with Crippen molar-refractivity contribution in [3.05, 3.63) is 51.9 Å². The zero-order chi connectivity index (χ0) is 22.8. The number of piperazine rings is 1. The van der Waals surface area contributed by atoms with Crippen LogP contribution in [0.15, 0.2) is 35.1 Å². The molecule has 1 N–H and O–H groups in total. The predicted molar refractivity (Wildman–Crippen MR) is 128 cm³/mol. The maximum Gasteiger partial charge on any atom is 0.231 e. The summed E-state index contributed by atoms with van der Waals surface area (Å²) in [6.07, 6.45) is 0.930. The van der Waals surface area contributed by atoms with Gasteiger partial charge in [0, 0.05) is 48.8 Å². The van der Waals surface area contributed by atoms with Crippen molar-refractivity contribution in [3.8, 4) is 0 Å². The Bertz CT molecular complexity index is 946. The van der Waals surface area contributed by atoms with Gasteiger partial charge in [-0.3, -0.25) is 4.79 Å². The fraction of sp³-hybridized carbons (Fsp3) is 0.542. The Balaban J connectivity index is 1.47. The molecule has 1 aromatic heterocycles. The summed E-state index contributed by atoms with van der Waals surface area (Å²) in [6, 6.07) is 8.31. The number of hydrogen-bond acceptors (Lipinski definition) is 5. The van der Waals surface area contributed by atoms with E-state index in [4.69, 9.17) is 0 Å². The van der Waals surface area contributed by atoms with E-state index in [1.165, 1.54) is 6.33 Å². The number of carbonyl (C=O) groups is 1. The molecule has 2 aliphatic rings. The lowest BCUT2D eigenvalue weighted by Gasteiger charge is -2.38. The van der Waals surface area contributed by atoms with Crippen molar-refractivity contribution in [2.75, 3.05) is 37.6 Å². The van der Waals surface area contributed by atoms with Crippen LogP contribution in [-0.4, -0.2) is 59.5 Å². The highest BCUT2D eigenvalue weighted by molar-refractivity contribution is 9.10. The quantitative estimate of drug-likeness (QED) is 0.640. The first-order chi connectivity index (χ1) is 15.3. The topological polar surface area (TPSA) is 61.4 Å². The zero-order valence-corrected chi connectivity index (χ0v) is 20.5. The maximum atomic E-state index is 14.3. The number of nitrogens with one attached hydrogen (secondary N) is 1.